The zero-order valence-electron chi connectivity index (χ0n) is 31.7. The fraction of sp³-hybridized carbons (Fsp3) is 0. The molecule has 1 aromatic heterocycles. The van der Waals surface area contributed by atoms with Crippen molar-refractivity contribution in [2.75, 3.05) is 4.90 Å². The fourth-order valence-corrected chi connectivity index (χ4v) is 9.74. The topological polar surface area (TPSA) is 3.24 Å². The van der Waals surface area contributed by atoms with Gasteiger partial charge in [0, 0.05) is 31.5 Å². The van der Waals surface area contributed by atoms with Crippen LogP contribution in [0, 0.1) is 0 Å². The van der Waals surface area contributed by atoms with E-state index in [4.69, 9.17) is 0 Å². The van der Waals surface area contributed by atoms with Gasteiger partial charge in [-0.3, -0.25) is 0 Å². The summed E-state index contributed by atoms with van der Waals surface area (Å²) in [5.74, 6) is 0. The SMILES string of the molecule is c1ccc(-c2ccc(N(c3ccc(-c4cc5cc(-c6ccccc6)ccc5c5ccc(-c6ccccc6)cc45)cc3)c3cccc4sc5ccccc5c34)cc2)cc1. The Morgan fingerprint density at radius 3 is 1.45 bits per heavy atom. The van der Waals surface area contributed by atoms with E-state index in [0.717, 1.165) is 11.4 Å². The van der Waals surface area contributed by atoms with Gasteiger partial charge in [0.05, 0.1) is 5.69 Å². The van der Waals surface area contributed by atoms with Crippen molar-refractivity contribution in [2.24, 2.45) is 0 Å². The molecule has 10 aromatic carbocycles. The summed E-state index contributed by atoms with van der Waals surface area (Å²) >= 11 is 1.86. The normalized spacial score (nSPS) is 11.4. The van der Waals surface area contributed by atoms with Gasteiger partial charge in [-0.05, 0) is 127 Å². The predicted molar refractivity (Wildman–Crippen MR) is 251 cm³/mol. The van der Waals surface area contributed by atoms with Crippen LogP contribution in [0.3, 0.4) is 0 Å². The van der Waals surface area contributed by atoms with E-state index in [2.05, 4.69) is 229 Å². The second-order valence-electron chi connectivity index (χ2n) is 14.9. The van der Waals surface area contributed by atoms with Gasteiger partial charge in [-0.2, -0.15) is 0 Å². The second-order valence-corrected chi connectivity index (χ2v) is 16.0. The zero-order chi connectivity index (χ0) is 38.4. The van der Waals surface area contributed by atoms with E-state index < -0.39 is 0 Å². The van der Waals surface area contributed by atoms with Crippen LogP contribution in [0.15, 0.2) is 224 Å². The number of benzene rings is 10. The van der Waals surface area contributed by atoms with Crippen molar-refractivity contribution < 1.29 is 0 Å². The fourth-order valence-electron chi connectivity index (χ4n) is 8.61. The Hall–Kier alpha value is -7.26. The predicted octanol–water partition coefficient (Wildman–Crippen LogP) is 16.5. The molecule has 272 valence electrons. The molecule has 0 saturated heterocycles. The minimum Gasteiger partial charge on any atom is -0.310 e. The number of fused-ring (bicyclic) bond motifs is 6. The van der Waals surface area contributed by atoms with Crippen molar-refractivity contribution in [3.8, 4) is 44.5 Å². The van der Waals surface area contributed by atoms with Crippen LogP contribution in [0.2, 0.25) is 0 Å². The maximum absolute atomic E-state index is 2.43. The van der Waals surface area contributed by atoms with E-state index in [1.54, 1.807) is 0 Å². The molecule has 0 bridgehead atoms. The van der Waals surface area contributed by atoms with Crippen LogP contribution in [0.25, 0.3) is 86.2 Å². The molecule has 0 saturated carbocycles. The molecular weight excluding hydrogens is 719 g/mol. The average Bonchev–Trinajstić information content (AvgIpc) is 3.69. The molecule has 1 nitrogen and oxygen atoms in total. The Labute approximate surface area is 342 Å². The highest BCUT2D eigenvalue weighted by atomic mass is 32.1. The van der Waals surface area contributed by atoms with Crippen LogP contribution in [0.4, 0.5) is 17.1 Å². The number of nitrogens with zero attached hydrogens (tertiary/aromatic N) is 1. The largest absolute Gasteiger partial charge is 0.310 e. The molecule has 0 atom stereocenters. The Morgan fingerprint density at radius 1 is 0.293 bits per heavy atom. The van der Waals surface area contributed by atoms with E-state index in [9.17, 15) is 0 Å². The van der Waals surface area contributed by atoms with Gasteiger partial charge in [0.15, 0.2) is 0 Å². The molecule has 11 aromatic rings. The van der Waals surface area contributed by atoms with Crippen molar-refractivity contribution in [3.05, 3.63) is 224 Å². The molecule has 0 aliphatic heterocycles. The zero-order valence-corrected chi connectivity index (χ0v) is 32.5. The van der Waals surface area contributed by atoms with Gasteiger partial charge in [-0.25, -0.2) is 0 Å². The van der Waals surface area contributed by atoms with Crippen LogP contribution in [-0.2, 0) is 0 Å². The molecule has 1 heterocycles. The van der Waals surface area contributed by atoms with E-state index in [1.807, 2.05) is 11.3 Å². The third kappa shape index (κ3) is 6.03. The monoisotopic (exact) mass is 755 g/mol. The van der Waals surface area contributed by atoms with Crippen LogP contribution in [-0.4, -0.2) is 0 Å². The molecular formula is C56H37NS. The lowest BCUT2D eigenvalue weighted by molar-refractivity contribution is 1.30. The van der Waals surface area contributed by atoms with Crippen molar-refractivity contribution >= 4 is 70.1 Å². The molecule has 11 rings (SSSR count). The third-order valence-corrected chi connectivity index (χ3v) is 12.6. The lowest BCUT2D eigenvalue weighted by Crippen LogP contribution is -2.10. The maximum atomic E-state index is 2.43. The molecule has 0 fully saturated rings. The van der Waals surface area contributed by atoms with Gasteiger partial charge in [-0.1, -0.05) is 164 Å². The number of rotatable bonds is 7. The van der Waals surface area contributed by atoms with Crippen LogP contribution >= 0.6 is 11.3 Å². The van der Waals surface area contributed by atoms with Gasteiger partial charge in [-0.15, -0.1) is 11.3 Å². The molecule has 0 spiro atoms. The first-order valence-electron chi connectivity index (χ1n) is 19.8. The molecule has 2 heteroatoms. The summed E-state index contributed by atoms with van der Waals surface area (Å²) < 4.78 is 2.58. The van der Waals surface area contributed by atoms with Crippen LogP contribution in [0.5, 0.6) is 0 Å². The summed E-state index contributed by atoms with van der Waals surface area (Å²) in [5.41, 5.74) is 13.1. The second kappa shape index (κ2) is 14.4. The number of thiophene rings is 1. The summed E-state index contributed by atoms with van der Waals surface area (Å²) in [6.45, 7) is 0. The minimum atomic E-state index is 1.11. The average molecular weight is 756 g/mol. The minimum absolute atomic E-state index is 1.11. The van der Waals surface area contributed by atoms with E-state index in [1.165, 1.54) is 91.9 Å². The van der Waals surface area contributed by atoms with Gasteiger partial charge >= 0.3 is 0 Å². The van der Waals surface area contributed by atoms with Gasteiger partial charge < -0.3 is 4.90 Å². The standard InChI is InChI=1S/C56H37NS/c1-4-13-38(14-5-1)41-23-29-46(30-24-41)57(53-20-12-22-55-56(53)50-19-10-11-21-54(50)58-55)47-31-25-42(26-32-47)51-37-45-35-43(39-15-6-2-7-16-39)27-33-48(45)49-34-28-44(36-52(49)51)40-17-8-3-9-18-40/h1-37H. The number of hydrogen-bond acceptors (Lipinski definition) is 2. The molecule has 0 aliphatic carbocycles. The first-order chi connectivity index (χ1) is 28.7. The quantitative estimate of drug-likeness (QED) is 0.146. The molecule has 0 aliphatic rings. The number of hydrogen-bond donors (Lipinski definition) is 0. The van der Waals surface area contributed by atoms with Crippen molar-refractivity contribution in [2.45, 2.75) is 0 Å². The Balaban J connectivity index is 1.09. The van der Waals surface area contributed by atoms with Gasteiger partial charge in [0.2, 0.25) is 0 Å². The van der Waals surface area contributed by atoms with E-state index in [0.29, 0.717) is 0 Å². The van der Waals surface area contributed by atoms with Crippen molar-refractivity contribution in [3.63, 3.8) is 0 Å². The smallest absolute Gasteiger partial charge is 0.0554 e. The first-order valence-corrected chi connectivity index (χ1v) is 20.6. The van der Waals surface area contributed by atoms with E-state index in [-0.39, 0.29) is 0 Å². The molecule has 0 N–H and O–H groups in total. The Morgan fingerprint density at radius 2 is 0.793 bits per heavy atom. The molecule has 0 amide bonds. The van der Waals surface area contributed by atoms with Gasteiger partial charge in [0.25, 0.3) is 0 Å². The third-order valence-electron chi connectivity index (χ3n) is 11.5. The van der Waals surface area contributed by atoms with Crippen LogP contribution < -0.4 is 4.90 Å². The summed E-state index contributed by atoms with van der Waals surface area (Å²) in [6, 6.07) is 82.0. The molecule has 0 radical (unpaired) electrons. The summed E-state index contributed by atoms with van der Waals surface area (Å²) in [5, 5.41) is 7.56. The maximum Gasteiger partial charge on any atom is 0.0554 e. The lowest BCUT2D eigenvalue weighted by atomic mass is 9.89. The number of anilines is 3. The lowest BCUT2D eigenvalue weighted by Gasteiger charge is -2.27. The molecule has 58 heavy (non-hydrogen) atoms. The van der Waals surface area contributed by atoms with Crippen LogP contribution in [0.1, 0.15) is 0 Å². The van der Waals surface area contributed by atoms with Gasteiger partial charge in [0.1, 0.15) is 0 Å². The Kier molecular flexibility index (Phi) is 8.42. The van der Waals surface area contributed by atoms with Crippen molar-refractivity contribution in [1.29, 1.82) is 0 Å². The highest BCUT2D eigenvalue weighted by Crippen LogP contribution is 2.46. The van der Waals surface area contributed by atoms with E-state index >= 15 is 0 Å². The summed E-state index contributed by atoms with van der Waals surface area (Å²) in [7, 11) is 0. The van der Waals surface area contributed by atoms with Crippen molar-refractivity contribution in [1.82, 2.24) is 0 Å². The summed E-state index contributed by atoms with van der Waals surface area (Å²) in [6.07, 6.45) is 0. The highest BCUT2D eigenvalue weighted by molar-refractivity contribution is 7.26. The molecule has 0 unspecified atom stereocenters. The Bertz CT molecular complexity index is 3240. The highest BCUT2D eigenvalue weighted by Gasteiger charge is 2.19. The summed E-state index contributed by atoms with van der Waals surface area (Å²) in [4.78, 5) is 2.43. The first kappa shape index (κ1) is 34.0.